The van der Waals surface area contributed by atoms with Gasteiger partial charge in [-0.15, -0.1) is 0 Å². The van der Waals surface area contributed by atoms with Gasteiger partial charge in [0.25, 0.3) is 0 Å². The molecule has 17 heavy (non-hydrogen) atoms. The van der Waals surface area contributed by atoms with Crippen LogP contribution < -0.4 is 5.32 Å². The first-order chi connectivity index (χ1) is 8.29. The fourth-order valence-electron chi connectivity index (χ4n) is 2.03. The molecule has 0 radical (unpaired) electrons. The first-order valence-electron chi connectivity index (χ1n) is 6.36. The van der Waals surface area contributed by atoms with Gasteiger partial charge >= 0.3 is 0 Å². The first-order valence-corrected chi connectivity index (χ1v) is 7.15. The first kappa shape index (κ1) is 13.0. The van der Waals surface area contributed by atoms with Gasteiger partial charge in [-0.25, -0.2) is 4.98 Å². The summed E-state index contributed by atoms with van der Waals surface area (Å²) in [6.07, 6.45) is 2.78. The molecule has 0 aromatic carbocycles. The average molecular weight is 298 g/mol. The van der Waals surface area contributed by atoms with Crippen LogP contribution in [0.5, 0.6) is 0 Å². The molecule has 1 aliphatic carbocycles. The van der Waals surface area contributed by atoms with Crippen LogP contribution in [0.3, 0.4) is 0 Å². The normalized spacial score (nSPS) is 15.5. The smallest absolute Gasteiger partial charge is 0.106 e. The second kappa shape index (κ2) is 6.47. The highest BCUT2D eigenvalue weighted by atomic mass is 79.9. The summed E-state index contributed by atoms with van der Waals surface area (Å²) >= 11 is 3.39. The molecule has 1 aliphatic rings. The SMILES string of the molecule is CCN(CCNCc1cccc(Br)n1)C1CC1. The van der Waals surface area contributed by atoms with E-state index in [4.69, 9.17) is 0 Å². The lowest BCUT2D eigenvalue weighted by Crippen LogP contribution is -2.33. The molecule has 1 aromatic heterocycles. The third-order valence-corrected chi connectivity index (χ3v) is 3.57. The molecule has 1 heterocycles. The number of hydrogen-bond donors (Lipinski definition) is 1. The quantitative estimate of drug-likeness (QED) is 0.619. The highest BCUT2D eigenvalue weighted by Gasteiger charge is 2.26. The fourth-order valence-corrected chi connectivity index (χ4v) is 2.41. The van der Waals surface area contributed by atoms with Crippen LogP contribution in [0.25, 0.3) is 0 Å². The van der Waals surface area contributed by atoms with Crippen LogP contribution in [0, 0.1) is 0 Å². The van der Waals surface area contributed by atoms with E-state index in [1.54, 1.807) is 0 Å². The number of nitrogens with zero attached hydrogens (tertiary/aromatic N) is 2. The molecule has 0 atom stereocenters. The van der Waals surface area contributed by atoms with Gasteiger partial charge in [-0.1, -0.05) is 13.0 Å². The molecule has 0 spiro atoms. The van der Waals surface area contributed by atoms with Gasteiger partial charge in [0.2, 0.25) is 0 Å². The molecule has 2 rings (SSSR count). The van der Waals surface area contributed by atoms with E-state index < -0.39 is 0 Å². The number of halogens is 1. The molecule has 4 heteroatoms. The zero-order valence-corrected chi connectivity index (χ0v) is 11.9. The maximum atomic E-state index is 4.40. The van der Waals surface area contributed by atoms with Gasteiger partial charge in [0.1, 0.15) is 4.60 Å². The van der Waals surface area contributed by atoms with Crippen molar-refractivity contribution in [3.05, 3.63) is 28.5 Å². The van der Waals surface area contributed by atoms with Gasteiger partial charge in [0.15, 0.2) is 0 Å². The minimum absolute atomic E-state index is 0.849. The molecule has 1 saturated carbocycles. The molecule has 0 aliphatic heterocycles. The highest BCUT2D eigenvalue weighted by Crippen LogP contribution is 2.25. The van der Waals surface area contributed by atoms with Crippen molar-refractivity contribution in [2.24, 2.45) is 0 Å². The standard InChI is InChI=1S/C13H20BrN3/c1-2-17(12-6-7-12)9-8-15-10-11-4-3-5-13(14)16-11/h3-5,12,15H,2,6-10H2,1H3. The predicted octanol–water partition coefficient (Wildman–Crippen LogP) is 2.42. The lowest BCUT2D eigenvalue weighted by atomic mass is 10.3. The van der Waals surface area contributed by atoms with Crippen LogP contribution in [-0.2, 0) is 6.54 Å². The Kier molecular flexibility index (Phi) is 4.95. The lowest BCUT2D eigenvalue weighted by Gasteiger charge is -2.19. The second-order valence-electron chi connectivity index (χ2n) is 4.49. The number of hydrogen-bond acceptors (Lipinski definition) is 3. The van der Waals surface area contributed by atoms with Crippen LogP contribution >= 0.6 is 15.9 Å². The molecular weight excluding hydrogens is 278 g/mol. The molecule has 0 saturated heterocycles. The predicted molar refractivity (Wildman–Crippen MR) is 73.9 cm³/mol. The van der Waals surface area contributed by atoms with Gasteiger partial charge < -0.3 is 5.32 Å². The summed E-state index contributed by atoms with van der Waals surface area (Å²) in [7, 11) is 0. The molecular formula is C13H20BrN3. The number of rotatable bonds is 7. The van der Waals surface area contributed by atoms with E-state index in [0.717, 1.165) is 36.0 Å². The summed E-state index contributed by atoms with van der Waals surface area (Å²) in [5, 5.41) is 3.45. The van der Waals surface area contributed by atoms with E-state index in [1.165, 1.54) is 19.4 Å². The van der Waals surface area contributed by atoms with Crippen LogP contribution in [0.2, 0.25) is 0 Å². The topological polar surface area (TPSA) is 28.2 Å². The zero-order valence-electron chi connectivity index (χ0n) is 10.3. The molecule has 0 unspecified atom stereocenters. The van der Waals surface area contributed by atoms with Crippen molar-refractivity contribution in [2.75, 3.05) is 19.6 Å². The zero-order chi connectivity index (χ0) is 12.1. The third-order valence-electron chi connectivity index (χ3n) is 3.12. The van der Waals surface area contributed by atoms with Gasteiger partial charge in [0.05, 0.1) is 5.69 Å². The molecule has 1 aromatic rings. The van der Waals surface area contributed by atoms with Gasteiger partial charge in [-0.3, -0.25) is 4.90 Å². The lowest BCUT2D eigenvalue weighted by molar-refractivity contribution is 0.277. The summed E-state index contributed by atoms with van der Waals surface area (Å²) in [6.45, 7) is 6.45. The second-order valence-corrected chi connectivity index (χ2v) is 5.30. The Morgan fingerprint density at radius 3 is 2.94 bits per heavy atom. The highest BCUT2D eigenvalue weighted by molar-refractivity contribution is 9.10. The Labute approximate surface area is 112 Å². The van der Waals surface area contributed by atoms with Crippen molar-refractivity contribution in [2.45, 2.75) is 32.4 Å². The Morgan fingerprint density at radius 1 is 1.47 bits per heavy atom. The maximum absolute atomic E-state index is 4.40. The Balaban J connectivity index is 1.65. The van der Waals surface area contributed by atoms with Crippen molar-refractivity contribution in [1.82, 2.24) is 15.2 Å². The van der Waals surface area contributed by atoms with Crippen LogP contribution in [0.15, 0.2) is 22.8 Å². The largest absolute Gasteiger partial charge is 0.310 e. The molecule has 0 amide bonds. The Hall–Kier alpha value is -0.450. The van der Waals surface area contributed by atoms with Crippen LogP contribution in [0.4, 0.5) is 0 Å². The minimum atomic E-state index is 0.849. The molecule has 0 bridgehead atoms. The van der Waals surface area contributed by atoms with Gasteiger partial charge in [-0.05, 0) is 47.4 Å². The monoisotopic (exact) mass is 297 g/mol. The summed E-state index contributed by atoms with van der Waals surface area (Å²) in [6, 6.07) is 6.90. The number of aromatic nitrogens is 1. The van der Waals surface area contributed by atoms with Crippen molar-refractivity contribution >= 4 is 15.9 Å². The Morgan fingerprint density at radius 2 is 2.29 bits per heavy atom. The maximum Gasteiger partial charge on any atom is 0.106 e. The number of nitrogens with one attached hydrogen (secondary N) is 1. The molecule has 94 valence electrons. The van der Waals surface area contributed by atoms with E-state index in [0.29, 0.717) is 0 Å². The van der Waals surface area contributed by atoms with Crippen molar-refractivity contribution < 1.29 is 0 Å². The summed E-state index contributed by atoms with van der Waals surface area (Å²) in [4.78, 5) is 6.95. The van der Waals surface area contributed by atoms with Crippen molar-refractivity contribution in [3.63, 3.8) is 0 Å². The summed E-state index contributed by atoms with van der Waals surface area (Å²) < 4.78 is 0.907. The van der Waals surface area contributed by atoms with E-state index >= 15 is 0 Å². The van der Waals surface area contributed by atoms with Gasteiger partial charge in [-0.2, -0.15) is 0 Å². The number of pyridine rings is 1. The van der Waals surface area contributed by atoms with E-state index in [1.807, 2.05) is 12.1 Å². The Bertz CT molecular complexity index is 352. The van der Waals surface area contributed by atoms with Crippen LogP contribution in [-0.4, -0.2) is 35.6 Å². The average Bonchev–Trinajstić information content (AvgIpc) is 3.13. The fraction of sp³-hybridized carbons (Fsp3) is 0.615. The van der Waals surface area contributed by atoms with Crippen LogP contribution in [0.1, 0.15) is 25.5 Å². The summed E-state index contributed by atoms with van der Waals surface area (Å²) in [5.74, 6) is 0. The summed E-state index contributed by atoms with van der Waals surface area (Å²) in [5.41, 5.74) is 1.09. The van der Waals surface area contributed by atoms with Gasteiger partial charge in [0, 0.05) is 25.7 Å². The molecule has 1 N–H and O–H groups in total. The van der Waals surface area contributed by atoms with Crippen molar-refractivity contribution in [1.29, 1.82) is 0 Å². The third kappa shape index (κ3) is 4.37. The van der Waals surface area contributed by atoms with E-state index in [-0.39, 0.29) is 0 Å². The van der Waals surface area contributed by atoms with E-state index in [9.17, 15) is 0 Å². The van der Waals surface area contributed by atoms with Crippen molar-refractivity contribution in [3.8, 4) is 0 Å². The molecule has 3 nitrogen and oxygen atoms in total. The molecule has 1 fully saturated rings. The van der Waals surface area contributed by atoms with E-state index in [2.05, 4.69) is 44.1 Å². The number of likely N-dealkylation sites (N-methyl/N-ethyl adjacent to an activating group) is 1. The minimum Gasteiger partial charge on any atom is -0.310 e.